The normalized spacial score (nSPS) is 11.6. The summed E-state index contributed by atoms with van der Waals surface area (Å²) in [6.07, 6.45) is 1.95. The highest BCUT2D eigenvalue weighted by molar-refractivity contribution is 5.98. The molecule has 0 unspecified atom stereocenters. The van der Waals surface area contributed by atoms with Crippen molar-refractivity contribution in [2.75, 3.05) is 13.7 Å². The van der Waals surface area contributed by atoms with Gasteiger partial charge < -0.3 is 20.5 Å². The molecule has 0 aliphatic rings. The lowest BCUT2D eigenvalue weighted by Gasteiger charge is -2.16. The van der Waals surface area contributed by atoms with Crippen molar-refractivity contribution in [3.63, 3.8) is 0 Å². The smallest absolute Gasteiger partial charge is 0.326 e. The molecule has 154 valence electrons. The minimum absolute atomic E-state index is 0.107. The fourth-order valence-electron chi connectivity index (χ4n) is 2.77. The van der Waals surface area contributed by atoms with Crippen LogP contribution in [0.25, 0.3) is 11.3 Å². The number of carboxylic acids is 1. The van der Waals surface area contributed by atoms with Crippen LogP contribution in [0.3, 0.4) is 0 Å². The topological polar surface area (TPSA) is 118 Å². The molecule has 0 fully saturated rings. The number of hydrogen-bond donors (Lipinski definition) is 3. The molecule has 2 amide bonds. The van der Waals surface area contributed by atoms with E-state index in [1.807, 2.05) is 19.9 Å². The molecule has 0 saturated heterocycles. The quantitative estimate of drug-likeness (QED) is 0.594. The van der Waals surface area contributed by atoms with Crippen molar-refractivity contribution >= 4 is 17.8 Å². The Morgan fingerprint density at radius 1 is 1.17 bits per heavy atom. The van der Waals surface area contributed by atoms with Crippen molar-refractivity contribution in [2.45, 2.75) is 26.3 Å². The third-order valence-electron chi connectivity index (χ3n) is 4.15. The zero-order valence-corrected chi connectivity index (χ0v) is 16.6. The van der Waals surface area contributed by atoms with Crippen LogP contribution in [-0.2, 0) is 9.59 Å². The number of carbonyl (C=O) groups is 3. The van der Waals surface area contributed by atoms with Crippen LogP contribution in [0.4, 0.5) is 0 Å². The molecule has 0 radical (unpaired) electrons. The summed E-state index contributed by atoms with van der Waals surface area (Å²) in [5.41, 5.74) is 1.62. The van der Waals surface area contributed by atoms with Gasteiger partial charge in [0.25, 0.3) is 5.91 Å². The van der Waals surface area contributed by atoms with E-state index in [2.05, 4.69) is 15.6 Å². The highest BCUT2D eigenvalue weighted by Gasteiger charge is 2.21. The van der Waals surface area contributed by atoms with Crippen LogP contribution < -0.4 is 15.4 Å². The molecule has 0 spiro atoms. The predicted molar refractivity (Wildman–Crippen MR) is 108 cm³/mol. The predicted octanol–water partition coefficient (Wildman–Crippen LogP) is 2.10. The van der Waals surface area contributed by atoms with Gasteiger partial charge in [0.05, 0.1) is 19.3 Å². The maximum atomic E-state index is 12.5. The van der Waals surface area contributed by atoms with Crippen molar-refractivity contribution in [2.24, 2.45) is 5.92 Å². The van der Waals surface area contributed by atoms with E-state index in [0.29, 0.717) is 29.0 Å². The Bertz CT molecular complexity index is 868. The van der Waals surface area contributed by atoms with E-state index in [4.69, 9.17) is 4.74 Å². The van der Waals surface area contributed by atoms with Gasteiger partial charge in [0, 0.05) is 17.3 Å². The molecule has 8 nitrogen and oxygen atoms in total. The Morgan fingerprint density at radius 2 is 1.93 bits per heavy atom. The third-order valence-corrected chi connectivity index (χ3v) is 4.15. The van der Waals surface area contributed by atoms with Gasteiger partial charge in [0.15, 0.2) is 0 Å². The molecule has 29 heavy (non-hydrogen) atoms. The fraction of sp³-hybridized carbons (Fsp3) is 0.333. The fourth-order valence-corrected chi connectivity index (χ4v) is 2.77. The largest absolute Gasteiger partial charge is 0.496 e. The van der Waals surface area contributed by atoms with E-state index < -0.39 is 23.8 Å². The molecule has 3 N–H and O–H groups in total. The van der Waals surface area contributed by atoms with Gasteiger partial charge in [0.2, 0.25) is 5.91 Å². The molecule has 8 heteroatoms. The summed E-state index contributed by atoms with van der Waals surface area (Å²) in [6, 6.07) is 9.29. The molecule has 2 rings (SSSR count). The Hall–Kier alpha value is -3.42. The summed E-state index contributed by atoms with van der Waals surface area (Å²) >= 11 is 0. The summed E-state index contributed by atoms with van der Waals surface area (Å²) in [5, 5.41) is 14.1. The Labute approximate surface area is 169 Å². The number of amides is 2. The number of nitrogens with zero attached hydrogens (tertiary/aromatic N) is 1. The van der Waals surface area contributed by atoms with E-state index in [9.17, 15) is 19.5 Å². The van der Waals surface area contributed by atoms with Crippen molar-refractivity contribution < 1.29 is 24.2 Å². The van der Waals surface area contributed by atoms with Crippen LogP contribution in [0.1, 0.15) is 30.6 Å². The van der Waals surface area contributed by atoms with Gasteiger partial charge in [-0.25, -0.2) is 4.79 Å². The summed E-state index contributed by atoms with van der Waals surface area (Å²) in [6.45, 7) is 3.41. The van der Waals surface area contributed by atoms with Crippen LogP contribution in [-0.4, -0.2) is 47.6 Å². The number of pyridine rings is 1. The van der Waals surface area contributed by atoms with Gasteiger partial charge in [-0.3, -0.25) is 14.6 Å². The molecule has 1 atom stereocenters. The van der Waals surface area contributed by atoms with Gasteiger partial charge in [0.1, 0.15) is 11.8 Å². The van der Waals surface area contributed by atoms with Crippen molar-refractivity contribution in [1.29, 1.82) is 0 Å². The van der Waals surface area contributed by atoms with Crippen molar-refractivity contribution in [3.05, 3.63) is 48.2 Å². The summed E-state index contributed by atoms with van der Waals surface area (Å²) in [4.78, 5) is 40.0. The summed E-state index contributed by atoms with van der Waals surface area (Å²) < 4.78 is 5.34. The molecule has 0 saturated carbocycles. The minimum Gasteiger partial charge on any atom is -0.496 e. The SMILES string of the molecule is COc1ccc(C(=O)NCC(=O)N[C@@H](CC(C)C)C(=O)O)cc1-c1ccccn1. The number of aromatic nitrogens is 1. The number of methoxy groups -OCH3 is 1. The molecule has 2 aromatic rings. The first-order chi connectivity index (χ1) is 13.8. The Morgan fingerprint density at radius 3 is 2.52 bits per heavy atom. The lowest BCUT2D eigenvalue weighted by molar-refractivity contribution is -0.142. The standard InChI is InChI=1S/C21H25N3O5/c1-13(2)10-17(21(27)28)24-19(25)12-23-20(26)14-7-8-18(29-3)15(11-14)16-6-4-5-9-22-16/h4-9,11,13,17H,10,12H2,1-3H3,(H,23,26)(H,24,25)(H,27,28)/t17-/m0/s1. The number of benzene rings is 1. The monoisotopic (exact) mass is 399 g/mol. The van der Waals surface area contributed by atoms with E-state index >= 15 is 0 Å². The minimum atomic E-state index is -1.10. The average molecular weight is 399 g/mol. The molecule has 0 aliphatic carbocycles. The summed E-state index contributed by atoms with van der Waals surface area (Å²) in [5.74, 6) is -1.46. The highest BCUT2D eigenvalue weighted by atomic mass is 16.5. The highest BCUT2D eigenvalue weighted by Crippen LogP contribution is 2.29. The van der Waals surface area contributed by atoms with E-state index in [1.54, 1.807) is 36.5 Å². The van der Waals surface area contributed by atoms with Gasteiger partial charge in [-0.15, -0.1) is 0 Å². The van der Waals surface area contributed by atoms with Crippen LogP contribution in [0, 0.1) is 5.92 Å². The number of carbonyl (C=O) groups excluding carboxylic acids is 2. The number of rotatable bonds is 9. The molecule has 1 aromatic carbocycles. The second-order valence-corrected chi connectivity index (χ2v) is 6.90. The van der Waals surface area contributed by atoms with Crippen molar-refractivity contribution in [1.82, 2.24) is 15.6 Å². The van der Waals surface area contributed by atoms with Crippen molar-refractivity contribution in [3.8, 4) is 17.0 Å². The van der Waals surface area contributed by atoms with E-state index in [0.717, 1.165) is 0 Å². The van der Waals surface area contributed by atoms with Gasteiger partial charge in [-0.05, 0) is 42.7 Å². The second-order valence-electron chi connectivity index (χ2n) is 6.90. The van der Waals surface area contributed by atoms with Crippen LogP contribution in [0.15, 0.2) is 42.6 Å². The number of nitrogens with one attached hydrogen (secondary N) is 2. The lowest BCUT2D eigenvalue weighted by atomic mass is 10.0. The first-order valence-corrected chi connectivity index (χ1v) is 9.21. The number of ether oxygens (including phenoxy) is 1. The number of hydrogen-bond acceptors (Lipinski definition) is 5. The zero-order chi connectivity index (χ0) is 21.4. The maximum absolute atomic E-state index is 12.5. The Balaban J connectivity index is 2.05. The maximum Gasteiger partial charge on any atom is 0.326 e. The first-order valence-electron chi connectivity index (χ1n) is 9.21. The lowest BCUT2D eigenvalue weighted by Crippen LogP contribution is -2.46. The molecule has 0 aliphatic heterocycles. The van der Waals surface area contributed by atoms with Crippen LogP contribution in [0.5, 0.6) is 5.75 Å². The van der Waals surface area contributed by atoms with E-state index in [-0.39, 0.29) is 12.5 Å². The van der Waals surface area contributed by atoms with E-state index in [1.165, 1.54) is 7.11 Å². The van der Waals surface area contributed by atoms with Gasteiger partial charge in [-0.1, -0.05) is 19.9 Å². The third kappa shape index (κ3) is 6.31. The zero-order valence-electron chi connectivity index (χ0n) is 16.6. The summed E-state index contributed by atoms with van der Waals surface area (Å²) in [7, 11) is 1.53. The van der Waals surface area contributed by atoms with Crippen LogP contribution in [0.2, 0.25) is 0 Å². The number of carboxylic acid groups (broad SMARTS) is 1. The molecular formula is C21H25N3O5. The number of aliphatic carboxylic acids is 1. The average Bonchev–Trinajstić information content (AvgIpc) is 2.71. The van der Waals surface area contributed by atoms with Gasteiger partial charge >= 0.3 is 5.97 Å². The molecule has 0 bridgehead atoms. The molecule has 1 aromatic heterocycles. The second kappa shape index (κ2) is 10.2. The Kier molecular flexibility index (Phi) is 7.70. The van der Waals surface area contributed by atoms with Gasteiger partial charge in [-0.2, -0.15) is 0 Å². The van der Waals surface area contributed by atoms with Crippen LogP contribution >= 0.6 is 0 Å². The molecular weight excluding hydrogens is 374 g/mol. The first kappa shape index (κ1) is 21.9. The molecule has 1 heterocycles.